The van der Waals surface area contributed by atoms with Crippen LogP contribution in [-0.2, 0) is 49.6 Å². The SMILES string of the molecule is CC(C)CC1NC(=O)[C@H](C)NC(=O)[C@H](C)NC(=O)CC[C@@H](C(=O)O)NC(=O)[C@@H](C)[C@H](C)NC(=O)C(Cc2ccccc2)NC(=O)[C@@H](C)C(C(=O)O)NC1=O. The van der Waals surface area contributed by atoms with Crippen LogP contribution in [0, 0.1) is 17.8 Å². The molecule has 1 aromatic carbocycles. The Balaban J connectivity index is 2.51. The predicted molar refractivity (Wildman–Crippen MR) is 193 cm³/mol. The van der Waals surface area contributed by atoms with Crippen molar-refractivity contribution in [3.63, 3.8) is 0 Å². The summed E-state index contributed by atoms with van der Waals surface area (Å²) in [6.07, 6.45) is -0.717. The normalized spacial score (nSPS) is 29.1. The van der Waals surface area contributed by atoms with Crippen molar-refractivity contribution in [1.82, 2.24) is 37.2 Å². The Morgan fingerprint density at radius 2 is 1.17 bits per heavy atom. The molecule has 9 N–H and O–H groups in total. The summed E-state index contributed by atoms with van der Waals surface area (Å²) in [4.78, 5) is 117. The van der Waals surface area contributed by atoms with Gasteiger partial charge in [0.1, 0.15) is 36.3 Å². The van der Waals surface area contributed by atoms with E-state index in [4.69, 9.17) is 0 Å². The Morgan fingerprint density at radius 1 is 0.630 bits per heavy atom. The second-order valence-electron chi connectivity index (χ2n) is 14.1. The number of carboxylic acids is 2. The predicted octanol–water partition coefficient (Wildman–Crippen LogP) is -1.04. The van der Waals surface area contributed by atoms with Crippen LogP contribution >= 0.6 is 0 Å². The van der Waals surface area contributed by atoms with Crippen molar-refractivity contribution in [2.75, 3.05) is 0 Å². The molecule has 1 aliphatic rings. The maximum Gasteiger partial charge on any atom is 0.327 e. The van der Waals surface area contributed by atoms with E-state index in [-0.39, 0.29) is 25.2 Å². The van der Waals surface area contributed by atoms with Crippen LogP contribution in [0.5, 0.6) is 0 Å². The van der Waals surface area contributed by atoms with Crippen molar-refractivity contribution in [1.29, 1.82) is 0 Å². The second-order valence-corrected chi connectivity index (χ2v) is 14.1. The zero-order valence-corrected chi connectivity index (χ0v) is 31.6. The molecular formula is C36H53N7O11. The summed E-state index contributed by atoms with van der Waals surface area (Å²) in [7, 11) is 0. The highest BCUT2D eigenvalue weighted by atomic mass is 16.4. The van der Waals surface area contributed by atoms with Crippen molar-refractivity contribution in [2.24, 2.45) is 17.8 Å². The van der Waals surface area contributed by atoms with Crippen molar-refractivity contribution in [3.8, 4) is 0 Å². The lowest BCUT2D eigenvalue weighted by Crippen LogP contribution is -2.59. The van der Waals surface area contributed by atoms with Crippen LogP contribution in [0.4, 0.5) is 0 Å². The second kappa shape index (κ2) is 20.6. The molecule has 18 nitrogen and oxygen atoms in total. The molecular weight excluding hydrogens is 706 g/mol. The number of nitrogens with one attached hydrogen (secondary N) is 7. The largest absolute Gasteiger partial charge is 0.480 e. The van der Waals surface area contributed by atoms with Crippen LogP contribution in [0.3, 0.4) is 0 Å². The molecule has 1 heterocycles. The minimum Gasteiger partial charge on any atom is -0.480 e. The van der Waals surface area contributed by atoms with Crippen LogP contribution in [0.15, 0.2) is 30.3 Å². The summed E-state index contributed by atoms with van der Waals surface area (Å²) < 4.78 is 0. The first kappa shape index (κ1) is 44.6. The van der Waals surface area contributed by atoms with E-state index in [1.54, 1.807) is 44.2 Å². The van der Waals surface area contributed by atoms with Crippen molar-refractivity contribution in [3.05, 3.63) is 35.9 Å². The molecule has 0 spiro atoms. The first-order valence-electron chi connectivity index (χ1n) is 17.8. The molecule has 9 atom stereocenters. The van der Waals surface area contributed by atoms with Gasteiger partial charge in [-0.2, -0.15) is 0 Å². The van der Waals surface area contributed by atoms with E-state index in [0.29, 0.717) is 5.56 Å². The summed E-state index contributed by atoms with van der Waals surface area (Å²) in [6.45, 7) is 10.4. The Labute approximate surface area is 313 Å². The molecule has 0 radical (unpaired) electrons. The number of carbonyl (C=O) groups excluding carboxylic acids is 7. The van der Waals surface area contributed by atoms with Crippen molar-refractivity contribution >= 4 is 53.3 Å². The lowest BCUT2D eigenvalue weighted by Gasteiger charge is -2.28. The first-order chi connectivity index (χ1) is 25.2. The number of aliphatic carboxylic acids is 2. The van der Waals surface area contributed by atoms with E-state index < -0.39 is 114 Å². The summed E-state index contributed by atoms with van der Waals surface area (Å²) >= 11 is 0. The van der Waals surface area contributed by atoms with E-state index in [1.807, 2.05) is 0 Å². The monoisotopic (exact) mass is 759 g/mol. The standard InChI is InChI=1S/C36H53N7O11/c1-17(2)15-25-34(50)43-28(36(53)54)19(4)30(46)41-26(16-23-11-9-8-10-12-23)33(49)38-20(5)18(3)29(45)40-24(35(51)52)13-14-27(44)37-21(6)31(47)39-22(7)32(48)42-25/h8-12,17-22,24-26,28H,13-16H2,1-7H3,(H,37,44)(H,38,49)(H,39,47)(H,40,45)(H,41,46)(H,42,48)(H,43,50)(H,51,52)(H,53,54)/t18-,19-,20-,21-,22-,24-,25?,26?,28?/m0/s1. The molecule has 0 saturated carbocycles. The molecule has 0 aromatic heterocycles. The van der Waals surface area contributed by atoms with E-state index in [1.165, 1.54) is 34.6 Å². The minimum absolute atomic E-state index is 0.0402. The average Bonchev–Trinajstić information content (AvgIpc) is 3.10. The van der Waals surface area contributed by atoms with Gasteiger partial charge in [0.15, 0.2) is 0 Å². The number of rotatable bonds is 6. The summed E-state index contributed by atoms with van der Waals surface area (Å²) in [5.74, 6) is -11.2. The van der Waals surface area contributed by atoms with Crippen LogP contribution in [0.1, 0.15) is 73.3 Å². The zero-order chi connectivity index (χ0) is 40.9. The molecule has 3 unspecified atom stereocenters. The van der Waals surface area contributed by atoms with Crippen LogP contribution in [0.2, 0.25) is 0 Å². The minimum atomic E-state index is -1.80. The highest BCUT2D eigenvalue weighted by Crippen LogP contribution is 2.13. The van der Waals surface area contributed by atoms with Gasteiger partial charge in [-0.3, -0.25) is 33.6 Å². The van der Waals surface area contributed by atoms with E-state index >= 15 is 0 Å². The maximum absolute atomic E-state index is 13.6. The van der Waals surface area contributed by atoms with Gasteiger partial charge in [-0.15, -0.1) is 0 Å². The Bertz CT molecular complexity index is 1550. The van der Waals surface area contributed by atoms with Gasteiger partial charge in [0.25, 0.3) is 0 Å². The smallest absolute Gasteiger partial charge is 0.327 e. The van der Waals surface area contributed by atoms with E-state index in [0.717, 1.165) is 0 Å². The van der Waals surface area contributed by atoms with Gasteiger partial charge in [-0.1, -0.05) is 58.0 Å². The van der Waals surface area contributed by atoms with Gasteiger partial charge in [-0.05, 0) is 45.1 Å². The average molecular weight is 760 g/mol. The van der Waals surface area contributed by atoms with Gasteiger partial charge < -0.3 is 47.4 Å². The fourth-order valence-corrected chi connectivity index (χ4v) is 5.46. The first-order valence-corrected chi connectivity index (χ1v) is 17.8. The number of hydrogen-bond donors (Lipinski definition) is 9. The third-order valence-electron chi connectivity index (χ3n) is 9.06. The molecule has 1 saturated heterocycles. The molecule has 1 aliphatic heterocycles. The molecule has 0 aliphatic carbocycles. The van der Waals surface area contributed by atoms with Crippen LogP contribution in [0.25, 0.3) is 0 Å². The maximum atomic E-state index is 13.6. The third kappa shape index (κ3) is 13.8. The van der Waals surface area contributed by atoms with Gasteiger partial charge >= 0.3 is 11.9 Å². The molecule has 7 amide bonds. The molecule has 1 fully saturated rings. The van der Waals surface area contributed by atoms with Crippen LogP contribution < -0.4 is 37.2 Å². The van der Waals surface area contributed by atoms with Gasteiger partial charge in [0, 0.05) is 18.9 Å². The summed E-state index contributed by atoms with van der Waals surface area (Å²) in [6, 6.07) is -0.565. The lowest BCUT2D eigenvalue weighted by molar-refractivity contribution is -0.146. The van der Waals surface area contributed by atoms with Gasteiger partial charge in [0.05, 0.1) is 11.8 Å². The molecule has 298 valence electrons. The quantitative estimate of drug-likeness (QED) is 0.169. The molecule has 1 aromatic rings. The lowest BCUT2D eigenvalue weighted by atomic mass is 9.97. The number of hydrogen-bond acceptors (Lipinski definition) is 9. The number of benzene rings is 1. The number of carboxylic acid groups (broad SMARTS) is 2. The number of carbonyl (C=O) groups is 9. The fourth-order valence-electron chi connectivity index (χ4n) is 5.46. The Morgan fingerprint density at radius 3 is 1.74 bits per heavy atom. The van der Waals surface area contributed by atoms with E-state index in [2.05, 4.69) is 37.2 Å². The highest BCUT2D eigenvalue weighted by molar-refractivity contribution is 5.97. The third-order valence-corrected chi connectivity index (χ3v) is 9.06. The Hall–Kier alpha value is -5.55. The highest BCUT2D eigenvalue weighted by Gasteiger charge is 2.37. The molecule has 0 bridgehead atoms. The Kier molecular flexibility index (Phi) is 17.0. The van der Waals surface area contributed by atoms with Gasteiger partial charge in [-0.25, -0.2) is 9.59 Å². The topological polar surface area (TPSA) is 278 Å². The zero-order valence-electron chi connectivity index (χ0n) is 31.6. The molecule has 18 heteroatoms. The van der Waals surface area contributed by atoms with Gasteiger partial charge in [0.2, 0.25) is 41.4 Å². The van der Waals surface area contributed by atoms with Crippen molar-refractivity contribution in [2.45, 2.75) is 116 Å². The summed E-state index contributed by atoms with van der Waals surface area (Å²) in [5, 5.41) is 37.1. The number of amides is 7. The molecule has 2 rings (SSSR count). The van der Waals surface area contributed by atoms with Crippen molar-refractivity contribution < 1.29 is 53.4 Å². The summed E-state index contributed by atoms with van der Waals surface area (Å²) in [5.41, 5.74) is 0.636. The van der Waals surface area contributed by atoms with E-state index in [9.17, 15) is 53.4 Å². The van der Waals surface area contributed by atoms with Crippen LogP contribution in [-0.4, -0.2) is 106 Å². The fraction of sp³-hybridized carbons (Fsp3) is 0.583. The molecule has 54 heavy (non-hydrogen) atoms.